The molecule has 10 nitrogen and oxygen atoms in total. The van der Waals surface area contributed by atoms with E-state index in [2.05, 4.69) is 15.6 Å². The number of aliphatic imine (C=N–C) groups is 1. The van der Waals surface area contributed by atoms with Crippen LogP contribution in [-0.2, 0) is 20.8 Å². The van der Waals surface area contributed by atoms with E-state index in [1.807, 2.05) is 0 Å². The van der Waals surface area contributed by atoms with Gasteiger partial charge in [-0.1, -0.05) is 12.1 Å². The van der Waals surface area contributed by atoms with Crippen LogP contribution in [0.25, 0.3) is 0 Å². The molecule has 3 amide bonds. The Balaban J connectivity index is 1.85. The zero-order valence-electron chi connectivity index (χ0n) is 16.1. The third-order valence-corrected chi connectivity index (χ3v) is 4.83. The number of nitrogens with one attached hydrogen (secondary N) is 2. The van der Waals surface area contributed by atoms with Gasteiger partial charge in [0.15, 0.2) is 5.96 Å². The van der Waals surface area contributed by atoms with Crippen LogP contribution in [-0.4, -0.2) is 47.4 Å². The van der Waals surface area contributed by atoms with Gasteiger partial charge in [-0.2, -0.15) is 0 Å². The minimum Gasteiger partial charge on any atom is -0.508 e. The number of hydrogen-bond donors (Lipinski definition) is 6. The highest BCUT2D eigenvalue weighted by atomic mass is 16.3. The number of nitrogens with two attached hydrogens (primary N) is 3. The molecule has 1 saturated heterocycles. The fourth-order valence-corrected chi connectivity index (χ4v) is 3.23. The number of phenols is 1. The summed E-state index contributed by atoms with van der Waals surface area (Å²) in [5.41, 5.74) is 16.8. The van der Waals surface area contributed by atoms with Gasteiger partial charge in [-0.15, -0.1) is 0 Å². The van der Waals surface area contributed by atoms with Gasteiger partial charge < -0.3 is 32.9 Å². The number of aromatic hydroxyl groups is 1. The zero-order chi connectivity index (χ0) is 21.4. The maximum absolute atomic E-state index is 12.5. The first-order valence-corrected chi connectivity index (χ1v) is 9.49. The summed E-state index contributed by atoms with van der Waals surface area (Å²) < 4.78 is 0. The van der Waals surface area contributed by atoms with Crippen LogP contribution in [0.1, 0.15) is 31.2 Å². The Morgan fingerprint density at radius 2 is 1.90 bits per heavy atom. The van der Waals surface area contributed by atoms with Crippen LogP contribution in [0.4, 0.5) is 0 Å². The van der Waals surface area contributed by atoms with Crippen LogP contribution in [0.2, 0.25) is 0 Å². The molecule has 3 atom stereocenters. The summed E-state index contributed by atoms with van der Waals surface area (Å²) in [6, 6.07) is 5.11. The topological polar surface area (TPSA) is 186 Å². The first kappa shape index (κ1) is 22.0. The van der Waals surface area contributed by atoms with E-state index in [1.54, 1.807) is 24.3 Å². The van der Waals surface area contributed by atoms with Crippen LogP contribution in [0.3, 0.4) is 0 Å². The molecule has 0 bridgehead atoms. The van der Waals surface area contributed by atoms with Crippen molar-refractivity contribution in [3.63, 3.8) is 0 Å². The molecule has 158 valence electrons. The van der Waals surface area contributed by atoms with Gasteiger partial charge >= 0.3 is 0 Å². The molecule has 0 aliphatic carbocycles. The Hall–Kier alpha value is -3.30. The maximum atomic E-state index is 12.5. The van der Waals surface area contributed by atoms with E-state index in [1.165, 1.54) is 0 Å². The number of amides is 3. The van der Waals surface area contributed by atoms with Crippen molar-refractivity contribution >= 4 is 23.7 Å². The van der Waals surface area contributed by atoms with Crippen LogP contribution in [0.15, 0.2) is 29.3 Å². The number of phenolic OH excluding ortho intramolecular Hbond substituents is 1. The van der Waals surface area contributed by atoms with Gasteiger partial charge in [-0.05, 0) is 49.8 Å². The van der Waals surface area contributed by atoms with Crippen molar-refractivity contribution in [2.45, 2.75) is 44.2 Å². The molecule has 0 aromatic heterocycles. The monoisotopic (exact) mass is 404 g/mol. The second-order valence-corrected chi connectivity index (χ2v) is 7.12. The van der Waals surface area contributed by atoms with Crippen molar-refractivity contribution in [1.29, 1.82) is 0 Å². The fraction of sp³-hybridized carbons (Fsp3) is 0.474. The molecule has 2 rings (SSSR count). The van der Waals surface area contributed by atoms with E-state index in [0.29, 0.717) is 38.6 Å². The van der Waals surface area contributed by atoms with Crippen LogP contribution >= 0.6 is 0 Å². The van der Waals surface area contributed by atoms with Crippen molar-refractivity contribution in [3.8, 4) is 5.75 Å². The van der Waals surface area contributed by atoms with Crippen LogP contribution in [0.5, 0.6) is 5.75 Å². The van der Waals surface area contributed by atoms with E-state index >= 15 is 0 Å². The molecule has 0 saturated carbocycles. The van der Waals surface area contributed by atoms with E-state index < -0.39 is 23.9 Å². The lowest BCUT2D eigenvalue weighted by molar-refractivity contribution is -0.135. The maximum Gasteiger partial charge on any atom is 0.243 e. The van der Waals surface area contributed by atoms with Gasteiger partial charge in [-0.3, -0.25) is 19.4 Å². The third-order valence-electron chi connectivity index (χ3n) is 4.83. The Labute approximate surface area is 168 Å². The van der Waals surface area contributed by atoms with Crippen LogP contribution < -0.4 is 27.8 Å². The molecule has 1 aromatic rings. The van der Waals surface area contributed by atoms with Crippen molar-refractivity contribution in [3.05, 3.63) is 29.8 Å². The Kier molecular flexibility index (Phi) is 7.81. The average Bonchev–Trinajstić information content (AvgIpc) is 2.67. The molecule has 1 aromatic carbocycles. The van der Waals surface area contributed by atoms with Crippen molar-refractivity contribution in [2.24, 2.45) is 28.1 Å². The number of piperidine rings is 1. The number of benzene rings is 1. The normalized spacial score (nSPS) is 19.7. The molecule has 1 fully saturated rings. The molecule has 9 N–H and O–H groups in total. The Bertz CT molecular complexity index is 760. The third kappa shape index (κ3) is 6.98. The summed E-state index contributed by atoms with van der Waals surface area (Å²) in [4.78, 5) is 40.3. The number of rotatable bonds is 9. The zero-order valence-corrected chi connectivity index (χ0v) is 16.1. The first-order valence-electron chi connectivity index (χ1n) is 9.49. The van der Waals surface area contributed by atoms with Crippen LogP contribution in [0, 0.1) is 5.92 Å². The number of carbonyl (C=O) groups is 3. The molecule has 1 heterocycles. The standard InChI is InChI=1S/C19H28N6O4/c20-16(27)14(2-1-9-23-19(21)22)24-18(29)15-8-5-12(17(28)25-15)10-11-3-6-13(26)7-4-11/h3-4,6-7,12,14-15,26H,1-2,5,8-10H2,(H2,20,27)(H,24,29)(H,25,28)(H4,21,22,23)/t12-,14+,15-/m1/s1. The van der Waals surface area contributed by atoms with E-state index in [4.69, 9.17) is 17.2 Å². The lowest BCUT2D eigenvalue weighted by atomic mass is 9.88. The van der Waals surface area contributed by atoms with Gasteiger partial charge in [0.1, 0.15) is 17.8 Å². The largest absolute Gasteiger partial charge is 0.508 e. The lowest BCUT2D eigenvalue weighted by Crippen LogP contribution is -2.56. The number of guanidine groups is 1. The molecule has 29 heavy (non-hydrogen) atoms. The van der Waals surface area contributed by atoms with Gasteiger partial charge in [0.05, 0.1) is 0 Å². The molecule has 1 aliphatic rings. The number of hydrogen-bond acceptors (Lipinski definition) is 5. The summed E-state index contributed by atoms with van der Waals surface area (Å²) in [7, 11) is 0. The fourth-order valence-electron chi connectivity index (χ4n) is 3.23. The number of nitrogens with zero attached hydrogens (tertiary/aromatic N) is 1. The first-order chi connectivity index (χ1) is 13.8. The predicted octanol–water partition coefficient (Wildman–Crippen LogP) is -1.15. The predicted molar refractivity (Wildman–Crippen MR) is 108 cm³/mol. The molecule has 0 unspecified atom stereocenters. The van der Waals surface area contributed by atoms with E-state index in [-0.39, 0.29) is 23.5 Å². The summed E-state index contributed by atoms with van der Waals surface area (Å²) >= 11 is 0. The summed E-state index contributed by atoms with van der Waals surface area (Å²) in [6.45, 7) is 0.321. The Morgan fingerprint density at radius 1 is 1.21 bits per heavy atom. The second-order valence-electron chi connectivity index (χ2n) is 7.12. The molecule has 10 heteroatoms. The van der Waals surface area contributed by atoms with E-state index in [0.717, 1.165) is 5.56 Å². The quantitative estimate of drug-likeness (QED) is 0.171. The highest BCUT2D eigenvalue weighted by Crippen LogP contribution is 2.21. The van der Waals surface area contributed by atoms with Crippen molar-refractivity contribution in [1.82, 2.24) is 10.6 Å². The van der Waals surface area contributed by atoms with Gasteiger partial charge in [-0.25, -0.2) is 0 Å². The minimum absolute atomic E-state index is 0.0450. The number of primary amides is 1. The van der Waals surface area contributed by atoms with Crippen molar-refractivity contribution < 1.29 is 19.5 Å². The van der Waals surface area contributed by atoms with Gasteiger partial charge in [0.25, 0.3) is 0 Å². The summed E-state index contributed by atoms with van der Waals surface area (Å²) in [5, 5.41) is 14.7. The smallest absolute Gasteiger partial charge is 0.243 e. The SMILES string of the molecule is NC(=O)[C@H](CCCN=C(N)N)NC(=O)[C@H]1CC[C@H](Cc2ccc(O)cc2)C(=O)N1. The highest BCUT2D eigenvalue weighted by Gasteiger charge is 2.33. The molecular formula is C19H28N6O4. The highest BCUT2D eigenvalue weighted by molar-refractivity contribution is 5.92. The van der Waals surface area contributed by atoms with Crippen molar-refractivity contribution in [2.75, 3.05) is 6.54 Å². The molecule has 1 aliphatic heterocycles. The Morgan fingerprint density at radius 3 is 2.48 bits per heavy atom. The van der Waals surface area contributed by atoms with E-state index in [9.17, 15) is 19.5 Å². The lowest BCUT2D eigenvalue weighted by Gasteiger charge is -2.29. The summed E-state index contributed by atoms with van der Waals surface area (Å²) in [6.07, 6.45) is 2.28. The minimum atomic E-state index is -0.858. The molecule has 0 radical (unpaired) electrons. The number of carbonyl (C=O) groups excluding carboxylic acids is 3. The van der Waals surface area contributed by atoms with Gasteiger partial charge in [0.2, 0.25) is 17.7 Å². The van der Waals surface area contributed by atoms with Gasteiger partial charge in [0, 0.05) is 12.5 Å². The molecular weight excluding hydrogens is 376 g/mol. The average molecular weight is 404 g/mol. The molecule has 0 spiro atoms. The second kappa shape index (κ2) is 10.3. The summed E-state index contributed by atoms with van der Waals surface area (Å²) in [5.74, 6) is -1.44.